The van der Waals surface area contributed by atoms with Crippen LogP contribution in [0.15, 0.2) is 0 Å². The van der Waals surface area contributed by atoms with E-state index in [1.807, 2.05) is 18.7 Å². The summed E-state index contributed by atoms with van der Waals surface area (Å²) in [5, 5.41) is 2.56. The van der Waals surface area contributed by atoms with E-state index >= 15 is 0 Å². The van der Waals surface area contributed by atoms with E-state index in [0.29, 0.717) is 13.0 Å². The van der Waals surface area contributed by atoms with Crippen molar-refractivity contribution in [2.45, 2.75) is 39.2 Å². The molecule has 0 bridgehead atoms. The molecule has 0 aromatic heterocycles. The number of nitrogens with zero attached hydrogens (tertiary/aromatic N) is 1. The molecule has 2 amide bonds. The zero-order valence-corrected chi connectivity index (χ0v) is 11.0. The Kier molecular flexibility index (Phi) is 8.35. The Morgan fingerprint density at radius 1 is 1.29 bits per heavy atom. The predicted molar refractivity (Wildman–Crippen MR) is 67.0 cm³/mol. The lowest BCUT2D eigenvalue weighted by molar-refractivity contribution is -0.129. The summed E-state index contributed by atoms with van der Waals surface area (Å²) >= 11 is 0. The Bertz CT molecular complexity index is 246. The summed E-state index contributed by atoms with van der Waals surface area (Å²) in [6.07, 6.45) is 2.45. The molecular formula is C11H24N4O2. The van der Waals surface area contributed by atoms with Crippen LogP contribution in [0.4, 0.5) is 0 Å². The second-order valence-electron chi connectivity index (χ2n) is 3.96. The number of hydrazine groups is 1. The average molecular weight is 244 g/mol. The van der Waals surface area contributed by atoms with Gasteiger partial charge in [0.05, 0.1) is 12.6 Å². The molecule has 0 aliphatic rings. The smallest absolute Gasteiger partial charge is 0.251 e. The monoisotopic (exact) mass is 244 g/mol. The average Bonchev–Trinajstić information content (AvgIpc) is 2.34. The minimum atomic E-state index is -0.331. The first-order valence-corrected chi connectivity index (χ1v) is 6.05. The van der Waals surface area contributed by atoms with E-state index in [4.69, 9.17) is 5.84 Å². The third-order valence-electron chi connectivity index (χ3n) is 2.58. The van der Waals surface area contributed by atoms with Crippen molar-refractivity contribution in [3.05, 3.63) is 0 Å². The van der Waals surface area contributed by atoms with Crippen LogP contribution in [0.25, 0.3) is 0 Å². The number of hydrogen-bond donors (Lipinski definition) is 3. The van der Waals surface area contributed by atoms with Crippen molar-refractivity contribution in [3.63, 3.8) is 0 Å². The molecule has 1 unspecified atom stereocenters. The van der Waals surface area contributed by atoms with Crippen molar-refractivity contribution in [1.29, 1.82) is 0 Å². The molecule has 0 aliphatic heterocycles. The predicted octanol–water partition coefficient (Wildman–Crippen LogP) is -0.397. The van der Waals surface area contributed by atoms with Gasteiger partial charge in [0, 0.05) is 7.05 Å². The van der Waals surface area contributed by atoms with Crippen LogP contribution < -0.4 is 16.6 Å². The molecule has 4 N–H and O–H groups in total. The summed E-state index contributed by atoms with van der Waals surface area (Å²) in [5.74, 6) is 4.85. The molecule has 0 aliphatic carbocycles. The van der Waals surface area contributed by atoms with E-state index < -0.39 is 0 Å². The Balaban J connectivity index is 4.68. The van der Waals surface area contributed by atoms with E-state index in [1.165, 1.54) is 0 Å². The van der Waals surface area contributed by atoms with Crippen molar-refractivity contribution >= 4 is 11.8 Å². The van der Waals surface area contributed by atoms with E-state index in [2.05, 4.69) is 10.7 Å². The lowest BCUT2D eigenvalue weighted by Gasteiger charge is -2.29. The van der Waals surface area contributed by atoms with Crippen molar-refractivity contribution in [3.8, 4) is 0 Å². The second kappa shape index (κ2) is 8.95. The Morgan fingerprint density at radius 3 is 2.35 bits per heavy atom. The summed E-state index contributed by atoms with van der Waals surface area (Å²) in [6.45, 7) is 4.94. The molecule has 0 aromatic rings. The number of carbonyl (C=O) groups excluding carboxylic acids is 2. The molecule has 0 saturated heterocycles. The molecule has 0 fully saturated rings. The molecule has 6 heteroatoms. The fourth-order valence-corrected chi connectivity index (χ4v) is 1.74. The van der Waals surface area contributed by atoms with Crippen molar-refractivity contribution in [2.24, 2.45) is 5.84 Å². The standard InChI is InChI=1S/C11H24N4O2/c1-4-6-9(11(17)14-12)15(7-5-2)8-10(16)13-3/h9H,4-8,12H2,1-3H3,(H,13,16)(H,14,17). The van der Waals surface area contributed by atoms with Crippen LogP contribution in [0.3, 0.4) is 0 Å². The maximum Gasteiger partial charge on any atom is 0.251 e. The quantitative estimate of drug-likeness (QED) is 0.308. The maximum atomic E-state index is 11.7. The van der Waals surface area contributed by atoms with Crippen LogP contribution in [0.5, 0.6) is 0 Å². The minimum Gasteiger partial charge on any atom is -0.358 e. The number of carbonyl (C=O) groups is 2. The van der Waals surface area contributed by atoms with E-state index in [9.17, 15) is 9.59 Å². The molecule has 100 valence electrons. The molecule has 0 aromatic carbocycles. The number of hydrogen-bond acceptors (Lipinski definition) is 4. The van der Waals surface area contributed by atoms with Gasteiger partial charge in [-0.1, -0.05) is 20.3 Å². The van der Waals surface area contributed by atoms with Gasteiger partial charge in [-0.25, -0.2) is 5.84 Å². The highest BCUT2D eigenvalue weighted by Crippen LogP contribution is 2.08. The first-order chi connectivity index (χ1) is 8.10. The van der Waals surface area contributed by atoms with E-state index in [-0.39, 0.29) is 24.4 Å². The third-order valence-corrected chi connectivity index (χ3v) is 2.58. The lowest BCUT2D eigenvalue weighted by Crippen LogP contribution is -2.51. The summed E-state index contributed by atoms with van der Waals surface area (Å²) in [7, 11) is 1.59. The Labute approximate surface area is 103 Å². The van der Waals surface area contributed by atoms with Crippen LogP contribution in [-0.4, -0.2) is 42.9 Å². The largest absolute Gasteiger partial charge is 0.358 e. The van der Waals surface area contributed by atoms with Crippen LogP contribution in [-0.2, 0) is 9.59 Å². The highest BCUT2D eigenvalue weighted by atomic mass is 16.2. The SMILES string of the molecule is CCCC(C(=O)NN)N(CCC)CC(=O)NC. The number of nitrogens with one attached hydrogen (secondary N) is 2. The molecule has 0 rings (SSSR count). The van der Waals surface area contributed by atoms with Crippen molar-refractivity contribution in [2.75, 3.05) is 20.1 Å². The molecule has 0 heterocycles. The van der Waals surface area contributed by atoms with Crippen molar-refractivity contribution < 1.29 is 9.59 Å². The zero-order chi connectivity index (χ0) is 13.3. The van der Waals surface area contributed by atoms with Gasteiger partial charge in [0.1, 0.15) is 0 Å². The summed E-state index contributed by atoms with van der Waals surface area (Å²) in [5.41, 5.74) is 2.17. The van der Waals surface area contributed by atoms with Gasteiger partial charge in [-0.2, -0.15) is 0 Å². The Hall–Kier alpha value is -1.14. The normalized spacial score (nSPS) is 12.3. The maximum absolute atomic E-state index is 11.7. The van der Waals surface area contributed by atoms with Crippen LogP contribution in [0, 0.1) is 0 Å². The van der Waals surface area contributed by atoms with Crippen molar-refractivity contribution in [1.82, 2.24) is 15.6 Å². The van der Waals surface area contributed by atoms with Gasteiger partial charge < -0.3 is 5.32 Å². The molecule has 0 radical (unpaired) electrons. The molecule has 0 spiro atoms. The third kappa shape index (κ3) is 5.65. The van der Waals surface area contributed by atoms with Gasteiger partial charge in [-0.3, -0.25) is 19.9 Å². The number of rotatable bonds is 8. The fraction of sp³-hybridized carbons (Fsp3) is 0.818. The molecular weight excluding hydrogens is 220 g/mol. The van der Waals surface area contributed by atoms with Gasteiger partial charge >= 0.3 is 0 Å². The second-order valence-corrected chi connectivity index (χ2v) is 3.96. The minimum absolute atomic E-state index is 0.0932. The first-order valence-electron chi connectivity index (χ1n) is 6.05. The van der Waals surface area contributed by atoms with Crippen LogP contribution in [0.1, 0.15) is 33.1 Å². The highest BCUT2D eigenvalue weighted by Gasteiger charge is 2.25. The highest BCUT2D eigenvalue weighted by molar-refractivity contribution is 5.83. The van der Waals surface area contributed by atoms with Gasteiger partial charge in [0.25, 0.3) is 5.91 Å². The molecule has 0 saturated carbocycles. The summed E-state index contributed by atoms with van der Waals surface area (Å²) < 4.78 is 0. The summed E-state index contributed by atoms with van der Waals surface area (Å²) in [4.78, 5) is 24.9. The van der Waals surface area contributed by atoms with Gasteiger partial charge in [-0.15, -0.1) is 0 Å². The molecule has 6 nitrogen and oxygen atoms in total. The van der Waals surface area contributed by atoms with Gasteiger partial charge in [0.2, 0.25) is 5.91 Å². The number of amides is 2. The first kappa shape index (κ1) is 15.9. The number of likely N-dealkylation sites (N-methyl/N-ethyl adjacent to an activating group) is 1. The fourth-order valence-electron chi connectivity index (χ4n) is 1.74. The van der Waals surface area contributed by atoms with Crippen LogP contribution >= 0.6 is 0 Å². The van der Waals surface area contributed by atoms with E-state index in [1.54, 1.807) is 7.05 Å². The lowest BCUT2D eigenvalue weighted by atomic mass is 10.1. The number of nitrogens with two attached hydrogens (primary N) is 1. The zero-order valence-electron chi connectivity index (χ0n) is 11.0. The van der Waals surface area contributed by atoms with Crippen LogP contribution in [0.2, 0.25) is 0 Å². The van der Waals surface area contributed by atoms with Gasteiger partial charge in [0.15, 0.2) is 0 Å². The van der Waals surface area contributed by atoms with Gasteiger partial charge in [-0.05, 0) is 19.4 Å². The van der Waals surface area contributed by atoms with E-state index in [0.717, 1.165) is 12.8 Å². The molecule has 17 heavy (non-hydrogen) atoms. The molecule has 1 atom stereocenters. The Morgan fingerprint density at radius 2 is 1.94 bits per heavy atom. The topological polar surface area (TPSA) is 87.5 Å². The summed E-state index contributed by atoms with van der Waals surface area (Å²) in [6, 6.07) is -0.331.